The summed E-state index contributed by atoms with van der Waals surface area (Å²) in [5, 5.41) is 66.1. The first-order chi connectivity index (χ1) is 11.1. The van der Waals surface area contributed by atoms with E-state index in [9.17, 15) is 35.1 Å². The van der Waals surface area contributed by atoms with Crippen LogP contribution in [-0.4, -0.2) is 110 Å². The molecule has 9 N–H and O–H groups in total. The van der Waals surface area contributed by atoms with Crippen molar-refractivity contribution >= 4 is 12.3 Å². The fourth-order valence-electron chi connectivity index (χ4n) is 2.12. The van der Waals surface area contributed by atoms with Gasteiger partial charge >= 0.3 is 5.97 Å². The molecule has 0 aromatic rings. The number of carbonyl (C=O) groups excluding carboxylic acids is 1. The molecule has 0 aromatic heterocycles. The predicted octanol–water partition coefficient (Wildman–Crippen LogP) is -5.50. The van der Waals surface area contributed by atoms with Gasteiger partial charge in [0, 0.05) is 0 Å². The number of aliphatic hydroxyl groups excluding tert-OH is 6. The first-order valence-electron chi connectivity index (χ1n) is 6.91. The van der Waals surface area contributed by atoms with E-state index in [1.807, 2.05) is 0 Å². The zero-order valence-corrected chi connectivity index (χ0v) is 12.3. The summed E-state index contributed by atoms with van der Waals surface area (Å²) >= 11 is 0. The van der Waals surface area contributed by atoms with Crippen LogP contribution in [0.4, 0.5) is 0 Å². The minimum absolute atomic E-state index is 0.146. The number of carboxylic acid groups (broad SMARTS) is 1. The minimum Gasteiger partial charge on any atom is -0.479 e. The number of ether oxygens (including phenoxy) is 2. The van der Waals surface area contributed by atoms with Crippen LogP contribution in [-0.2, 0) is 19.1 Å². The monoisotopic (exact) mass is 355 g/mol. The van der Waals surface area contributed by atoms with E-state index in [4.69, 9.17) is 25.4 Å². The fourth-order valence-corrected chi connectivity index (χ4v) is 2.12. The standard InChI is InChI=1S/C12H21NO11/c13-3(1-14)9(5(17)4(16)2-15)23-12-8(20)6(18)7(19)10(24-12)11(21)22/h1,3-10,12,15-20H,2,13H2,(H,21,22)/t3-,4+,5-,6-,7-,8+,9-,10+,12+/m0/s1. The van der Waals surface area contributed by atoms with Gasteiger partial charge < -0.3 is 55.7 Å². The second kappa shape index (κ2) is 8.75. The van der Waals surface area contributed by atoms with Crippen LogP contribution in [0.1, 0.15) is 0 Å². The zero-order chi connectivity index (χ0) is 18.6. The third kappa shape index (κ3) is 4.44. The van der Waals surface area contributed by atoms with E-state index in [1.165, 1.54) is 0 Å². The SMILES string of the molecule is N[C@@H](C=O)[C@H](O[C@@H]1O[C@@H](C(=O)O)[C@@H](O)[C@H](O)[C@H]1O)[C@@H](O)[C@H](O)CO. The van der Waals surface area contributed by atoms with Gasteiger partial charge in [-0.1, -0.05) is 0 Å². The molecule has 0 spiro atoms. The molecule has 9 atom stereocenters. The zero-order valence-electron chi connectivity index (χ0n) is 12.3. The number of hydrogen-bond donors (Lipinski definition) is 8. The summed E-state index contributed by atoms with van der Waals surface area (Å²) in [5.41, 5.74) is 5.42. The summed E-state index contributed by atoms with van der Waals surface area (Å²) < 4.78 is 9.88. The summed E-state index contributed by atoms with van der Waals surface area (Å²) in [5.74, 6) is -1.66. The third-order valence-electron chi connectivity index (χ3n) is 3.56. The average molecular weight is 355 g/mol. The smallest absolute Gasteiger partial charge is 0.335 e. The van der Waals surface area contributed by atoms with Crippen LogP contribution in [0.25, 0.3) is 0 Å². The first kappa shape index (κ1) is 20.8. The fraction of sp³-hybridized carbons (Fsp3) is 0.833. The Kier molecular flexibility index (Phi) is 7.59. The number of aliphatic carboxylic acids is 1. The van der Waals surface area contributed by atoms with Crippen molar-refractivity contribution in [3.05, 3.63) is 0 Å². The van der Waals surface area contributed by atoms with Crippen molar-refractivity contribution in [3.8, 4) is 0 Å². The first-order valence-corrected chi connectivity index (χ1v) is 6.91. The van der Waals surface area contributed by atoms with E-state index in [0.29, 0.717) is 0 Å². The highest BCUT2D eigenvalue weighted by atomic mass is 16.7. The molecule has 0 bridgehead atoms. The highest BCUT2D eigenvalue weighted by molar-refractivity contribution is 5.73. The number of nitrogens with two attached hydrogens (primary N) is 1. The van der Waals surface area contributed by atoms with Gasteiger partial charge in [-0.3, -0.25) is 0 Å². The summed E-state index contributed by atoms with van der Waals surface area (Å²) in [6.45, 7) is -0.903. The van der Waals surface area contributed by atoms with Crippen LogP contribution < -0.4 is 5.73 Å². The molecule has 1 aliphatic rings. The average Bonchev–Trinajstić information content (AvgIpc) is 2.56. The molecule has 12 heteroatoms. The van der Waals surface area contributed by atoms with Gasteiger partial charge in [0.15, 0.2) is 12.4 Å². The van der Waals surface area contributed by atoms with Gasteiger partial charge in [-0.05, 0) is 0 Å². The van der Waals surface area contributed by atoms with E-state index in [1.54, 1.807) is 0 Å². The number of aldehydes is 1. The van der Waals surface area contributed by atoms with Crippen LogP contribution in [0.3, 0.4) is 0 Å². The normalized spacial score (nSPS) is 35.7. The largest absolute Gasteiger partial charge is 0.479 e. The van der Waals surface area contributed by atoms with Crippen molar-refractivity contribution in [2.75, 3.05) is 6.61 Å². The van der Waals surface area contributed by atoms with E-state index in [2.05, 4.69) is 0 Å². The van der Waals surface area contributed by atoms with Crippen LogP contribution in [0.2, 0.25) is 0 Å². The maximum atomic E-state index is 11.0. The Labute approximate surface area is 135 Å². The quantitative estimate of drug-likeness (QED) is 0.191. The van der Waals surface area contributed by atoms with Crippen LogP contribution in [0, 0.1) is 0 Å². The molecule has 24 heavy (non-hydrogen) atoms. The van der Waals surface area contributed by atoms with Crippen LogP contribution in [0.5, 0.6) is 0 Å². The lowest BCUT2D eigenvalue weighted by molar-refractivity contribution is -0.313. The van der Waals surface area contributed by atoms with Crippen molar-refractivity contribution in [1.82, 2.24) is 0 Å². The maximum absolute atomic E-state index is 11.0. The molecular weight excluding hydrogens is 334 g/mol. The highest BCUT2D eigenvalue weighted by Gasteiger charge is 2.49. The Morgan fingerprint density at radius 1 is 1.21 bits per heavy atom. The predicted molar refractivity (Wildman–Crippen MR) is 72.3 cm³/mol. The van der Waals surface area contributed by atoms with Gasteiger partial charge in [-0.2, -0.15) is 0 Å². The van der Waals surface area contributed by atoms with Crippen molar-refractivity contribution < 1.29 is 54.8 Å². The van der Waals surface area contributed by atoms with Gasteiger partial charge in [0.2, 0.25) is 0 Å². The summed E-state index contributed by atoms with van der Waals surface area (Å²) in [7, 11) is 0. The van der Waals surface area contributed by atoms with Crippen LogP contribution in [0.15, 0.2) is 0 Å². The van der Waals surface area contributed by atoms with Gasteiger partial charge in [-0.15, -0.1) is 0 Å². The molecule has 0 unspecified atom stereocenters. The third-order valence-corrected chi connectivity index (χ3v) is 3.56. The Morgan fingerprint density at radius 2 is 1.79 bits per heavy atom. The second-order valence-corrected chi connectivity index (χ2v) is 5.29. The Bertz CT molecular complexity index is 435. The lowest BCUT2D eigenvalue weighted by Crippen LogP contribution is -2.63. The number of aliphatic hydroxyl groups is 6. The molecule has 1 fully saturated rings. The van der Waals surface area contributed by atoms with Gasteiger partial charge in [0.25, 0.3) is 0 Å². The lowest BCUT2D eigenvalue weighted by atomic mass is 9.98. The van der Waals surface area contributed by atoms with Crippen LogP contribution >= 0.6 is 0 Å². The molecule has 140 valence electrons. The minimum atomic E-state index is -1.96. The summed E-state index contributed by atoms with van der Waals surface area (Å²) in [4.78, 5) is 21.8. The molecule has 0 radical (unpaired) electrons. The van der Waals surface area contributed by atoms with Gasteiger partial charge in [0.05, 0.1) is 12.6 Å². The number of carboxylic acids is 1. The molecule has 0 saturated carbocycles. The molecule has 0 aromatic carbocycles. The molecule has 1 rings (SSSR count). The maximum Gasteiger partial charge on any atom is 0.335 e. The highest BCUT2D eigenvalue weighted by Crippen LogP contribution is 2.24. The number of rotatable bonds is 8. The molecule has 12 nitrogen and oxygen atoms in total. The van der Waals surface area contributed by atoms with Crippen molar-refractivity contribution in [1.29, 1.82) is 0 Å². The number of carbonyl (C=O) groups is 2. The van der Waals surface area contributed by atoms with E-state index in [-0.39, 0.29) is 6.29 Å². The Balaban J connectivity index is 2.98. The Morgan fingerprint density at radius 3 is 2.25 bits per heavy atom. The topological polar surface area (TPSA) is 220 Å². The summed E-state index contributed by atoms with van der Waals surface area (Å²) in [6, 6.07) is -1.54. The summed E-state index contributed by atoms with van der Waals surface area (Å²) in [6.07, 6.45) is -14.9. The molecule has 1 saturated heterocycles. The van der Waals surface area contributed by atoms with Gasteiger partial charge in [-0.25, -0.2) is 4.79 Å². The van der Waals surface area contributed by atoms with E-state index >= 15 is 0 Å². The molecule has 0 amide bonds. The Hall–Kier alpha value is -1.22. The van der Waals surface area contributed by atoms with Crippen molar-refractivity contribution in [3.63, 3.8) is 0 Å². The number of hydrogen-bond acceptors (Lipinski definition) is 11. The van der Waals surface area contributed by atoms with E-state index < -0.39 is 67.6 Å². The van der Waals surface area contributed by atoms with E-state index in [0.717, 1.165) is 0 Å². The lowest BCUT2D eigenvalue weighted by Gasteiger charge is -2.41. The molecule has 1 aliphatic heterocycles. The van der Waals surface area contributed by atoms with Crippen molar-refractivity contribution in [2.24, 2.45) is 5.73 Å². The molecule has 0 aliphatic carbocycles. The molecule has 1 heterocycles. The second-order valence-electron chi connectivity index (χ2n) is 5.29. The van der Waals surface area contributed by atoms with Crippen molar-refractivity contribution in [2.45, 2.75) is 55.1 Å². The van der Waals surface area contributed by atoms with Gasteiger partial charge in [0.1, 0.15) is 42.9 Å². The molecular formula is C12H21NO11.